The molecule has 0 saturated heterocycles. The maximum absolute atomic E-state index is 4.49. The van der Waals surface area contributed by atoms with Crippen LogP contribution in [0.4, 0.5) is 0 Å². The lowest BCUT2D eigenvalue weighted by atomic mass is 10.2. The van der Waals surface area contributed by atoms with Gasteiger partial charge in [-0.25, -0.2) is 9.97 Å². The van der Waals surface area contributed by atoms with Crippen molar-refractivity contribution >= 4 is 26.8 Å². The van der Waals surface area contributed by atoms with Gasteiger partial charge in [0.1, 0.15) is 10.4 Å². The number of fused-ring (bicyclic) bond motifs is 1. The minimum absolute atomic E-state index is 0.799. The second-order valence-corrected chi connectivity index (χ2v) is 5.83. The van der Waals surface area contributed by atoms with Crippen molar-refractivity contribution in [3.8, 4) is 17.1 Å². The van der Waals surface area contributed by atoms with E-state index < -0.39 is 0 Å². The summed E-state index contributed by atoms with van der Waals surface area (Å²) in [5.74, 6) is 0.870. The van der Waals surface area contributed by atoms with E-state index in [1.807, 2.05) is 49.9 Å². The fraction of sp³-hybridized carbons (Fsp3) is 0.0625. The Labute approximate surface area is 135 Å². The maximum Gasteiger partial charge on any atom is 0.137 e. The van der Waals surface area contributed by atoms with E-state index in [9.17, 15) is 0 Å². The van der Waals surface area contributed by atoms with E-state index >= 15 is 0 Å². The molecule has 0 saturated carbocycles. The third-order valence-corrected chi connectivity index (χ3v) is 3.97. The standard InChI is InChI=1S/C16H12BrN5/c1-21-10-12(9-20-21)13-6-11-8-19-15(17)7-14(11)22(13)16-4-2-3-5-18-16/h2-10H,1H3. The molecule has 0 aromatic carbocycles. The highest BCUT2D eigenvalue weighted by Crippen LogP contribution is 2.31. The molecule has 4 heterocycles. The Morgan fingerprint density at radius 2 is 2.00 bits per heavy atom. The largest absolute Gasteiger partial charge is 0.294 e. The number of aryl methyl sites for hydroxylation is 1. The third-order valence-electron chi connectivity index (χ3n) is 3.53. The van der Waals surface area contributed by atoms with Crippen molar-refractivity contribution in [2.75, 3.05) is 0 Å². The Morgan fingerprint density at radius 1 is 1.09 bits per heavy atom. The smallest absolute Gasteiger partial charge is 0.137 e. The van der Waals surface area contributed by atoms with Crippen LogP contribution in [0.15, 0.2) is 59.7 Å². The molecule has 0 N–H and O–H groups in total. The maximum atomic E-state index is 4.49. The van der Waals surface area contributed by atoms with Crippen LogP contribution in [-0.4, -0.2) is 24.3 Å². The molecule has 0 aliphatic carbocycles. The van der Waals surface area contributed by atoms with Gasteiger partial charge >= 0.3 is 0 Å². The van der Waals surface area contributed by atoms with Crippen molar-refractivity contribution in [3.05, 3.63) is 59.7 Å². The Bertz CT molecular complexity index is 955. The molecular formula is C16H12BrN5. The summed E-state index contributed by atoms with van der Waals surface area (Å²) >= 11 is 3.45. The number of halogens is 1. The normalized spacial score (nSPS) is 11.2. The molecule has 0 aliphatic rings. The average molecular weight is 354 g/mol. The molecule has 0 amide bonds. The van der Waals surface area contributed by atoms with Gasteiger partial charge in [0.15, 0.2) is 0 Å². The predicted molar refractivity (Wildman–Crippen MR) is 88.8 cm³/mol. The number of aromatic nitrogens is 5. The van der Waals surface area contributed by atoms with E-state index in [2.05, 4.69) is 41.6 Å². The minimum atomic E-state index is 0.799. The SMILES string of the molecule is Cn1cc(-c2cc3cnc(Br)cc3n2-c2ccccn2)cn1. The Hall–Kier alpha value is -2.47. The number of rotatable bonds is 2. The third kappa shape index (κ3) is 2.12. The Kier molecular flexibility index (Phi) is 3.04. The first-order valence-electron chi connectivity index (χ1n) is 6.80. The van der Waals surface area contributed by atoms with Crippen LogP contribution >= 0.6 is 15.9 Å². The minimum Gasteiger partial charge on any atom is -0.294 e. The van der Waals surface area contributed by atoms with Crippen molar-refractivity contribution in [1.82, 2.24) is 24.3 Å². The molecule has 108 valence electrons. The fourth-order valence-corrected chi connectivity index (χ4v) is 2.90. The number of nitrogens with zero attached hydrogens (tertiary/aromatic N) is 5. The second-order valence-electron chi connectivity index (χ2n) is 5.02. The Morgan fingerprint density at radius 3 is 2.73 bits per heavy atom. The highest BCUT2D eigenvalue weighted by atomic mass is 79.9. The highest BCUT2D eigenvalue weighted by molar-refractivity contribution is 9.10. The van der Waals surface area contributed by atoms with Crippen molar-refractivity contribution in [2.24, 2.45) is 7.05 Å². The summed E-state index contributed by atoms with van der Waals surface area (Å²) < 4.78 is 4.72. The van der Waals surface area contributed by atoms with E-state index in [1.54, 1.807) is 10.9 Å². The van der Waals surface area contributed by atoms with Crippen LogP contribution in [0.3, 0.4) is 0 Å². The molecule has 0 bridgehead atoms. The first kappa shape index (κ1) is 13.2. The summed E-state index contributed by atoms with van der Waals surface area (Å²) in [4.78, 5) is 8.81. The molecule has 4 rings (SSSR count). The average Bonchev–Trinajstić information content (AvgIpc) is 3.11. The Balaban J connectivity index is 2.08. The van der Waals surface area contributed by atoms with Crippen molar-refractivity contribution in [2.45, 2.75) is 0 Å². The van der Waals surface area contributed by atoms with Crippen molar-refractivity contribution in [1.29, 1.82) is 0 Å². The van der Waals surface area contributed by atoms with Gasteiger partial charge in [0.2, 0.25) is 0 Å². The molecule has 6 heteroatoms. The molecule has 0 radical (unpaired) electrons. The number of hydrogen-bond donors (Lipinski definition) is 0. The highest BCUT2D eigenvalue weighted by Gasteiger charge is 2.14. The first-order chi connectivity index (χ1) is 10.7. The van der Waals surface area contributed by atoms with Crippen LogP contribution < -0.4 is 0 Å². The molecule has 5 nitrogen and oxygen atoms in total. The molecule has 4 aromatic heterocycles. The summed E-state index contributed by atoms with van der Waals surface area (Å²) in [5, 5.41) is 5.34. The van der Waals surface area contributed by atoms with Gasteiger partial charge in [-0.05, 0) is 40.2 Å². The summed E-state index contributed by atoms with van der Waals surface area (Å²) in [7, 11) is 1.91. The fourth-order valence-electron chi connectivity index (χ4n) is 2.58. The molecule has 0 unspecified atom stereocenters. The lowest BCUT2D eigenvalue weighted by Gasteiger charge is -2.08. The van der Waals surface area contributed by atoms with Crippen LogP contribution in [0.2, 0.25) is 0 Å². The summed E-state index contributed by atoms with van der Waals surface area (Å²) in [5.41, 5.74) is 3.14. The second kappa shape index (κ2) is 5.06. The summed E-state index contributed by atoms with van der Waals surface area (Å²) in [6.07, 6.45) is 7.51. The lowest BCUT2D eigenvalue weighted by Crippen LogP contribution is -1.98. The summed E-state index contributed by atoms with van der Waals surface area (Å²) in [6, 6.07) is 10.0. The molecular weight excluding hydrogens is 342 g/mol. The van der Waals surface area contributed by atoms with E-state index in [0.29, 0.717) is 0 Å². The zero-order valence-corrected chi connectivity index (χ0v) is 13.4. The van der Waals surface area contributed by atoms with Gasteiger partial charge in [-0.15, -0.1) is 0 Å². The van der Waals surface area contributed by atoms with Gasteiger partial charge in [-0.3, -0.25) is 9.25 Å². The van der Waals surface area contributed by atoms with E-state index in [0.717, 1.165) is 32.6 Å². The van der Waals surface area contributed by atoms with E-state index in [1.165, 1.54) is 0 Å². The van der Waals surface area contributed by atoms with Gasteiger partial charge in [-0.2, -0.15) is 5.10 Å². The van der Waals surface area contributed by atoms with Gasteiger partial charge in [-0.1, -0.05) is 6.07 Å². The van der Waals surface area contributed by atoms with Gasteiger partial charge < -0.3 is 0 Å². The quantitative estimate of drug-likeness (QED) is 0.517. The number of hydrogen-bond acceptors (Lipinski definition) is 3. The van der Waals surface area contributed by atoms with Gasteiger partial charge in [0.25, 0.3) is 0 Å². The first-order valence-corrected chi connectivity index (χ1v) is 7.59. The summed E-state index contributed by atoms with van der Waals surface area (Å²) in [6.45, 7) is 0. The van der Waals surface area contributed by atoms with Gasteiger partial charge in [0.05, 0.1) is 17.4 Å². The zero-order chi connectivity index (χ0) is 15.1. The van der Waals surface area contributed by atoms with Crippen LogP contribution in [-0.2, 0) is 7.05 Å². The lowest BCUT2D eigenvalue weighted by molar-refractivity contribution is 0.768. The molecule has 0 aliphatic heterocycles. The van der Waals surface area contributed by atoms with Crippen LogP contribution in [0.1, 0.15) is 0 Å². The van der Waals surface area contributed by atoms with Crippen molar-refractivity contribution < 1.29 is 0 Å². The van der Waals surface area contributed by atoms with Crippen LogP contribution in [0.25, 0.3) is 28.0 Å². The van der Waals surface area contributed by atoms with E-state index in [-0.39, 0.29) is 0 Å². The zero-order valence-electron chi connectivity index (χ0n) is 11.8. The molecule has 0 fully saturated rings. The van der Waals surface area contributed by atoms with Crippen LogP contribution in [0.5, 0.6) is 0 Å². The topological polar surface area (TPSA) is 48.5 Å². The molecule has 4 aromatic rings. The van der Waals surface area contributed by atoms with E-state index in [4.69, 9.17) is 0 Å². The van der Waals surface area contributed by atoms with Crippen LogP contribution in [0, 0.1) is 0 Å². The molecule has 22 heavy (non-hydrogen) atoms. The monoisotopic (exact) mass is 353 g/mol. The predicted octanol–water partition coefficient (Wildman–Crippen LogP) is 3.58. The molecule has 0 atom stereocenters. The van der Waals surface area contributed by atoms with Gasteiger partial charge in [0, 0.05) is 36.6 Å². The van der Waals surface area contributed by atoms with Crippen molar-refractivity contribution in [3.63, 3.8) is 0 Å². The molecule has 0 spiro atoms. The number of pyridine rings is 2.